The van der Waals surface area contributed by atoms with E-state index in [-0.39, 0.29) is 5.41 Å². The van der Waals surface area contributed by atoms with Crippen molar-refractivity contribution >= 4 is 12.2 Å². The second-order valence-corrected chi connectivity index (χ2v) is 4.41. The Bertz CT molecular complexity index is 335. The maximum atomic E-state index is 5.37. The maximum Gasteiger partial charge on any atom is 0.284 e. The third kappa shape index (κ3) is 1.68. The monoisotopic (exact) mass is 198 g/mol. The number of aromatic amines is 1. The van der Waals surface area contributed by atoms with Crippen molar-refractivity contribution in [3.05, 3.63) is 10.7 Å². The molecule has 1 aromatic heterocycles. The number of aromatic nitrogens is 2. The fourth-order valence-corrected chi connectivity index (χ4v) is 2.16. The lowest BCUT2D eigenvalue weighted by atomic mass is 9.76. The summed E-state index contributed by atoms with van der Waals surface area (Å²) in [6.07, 6.45) is 6.20. The molecule has 0 radical (unpaired) electrons. The molecule has 0 amide bonds. The van der Waals surface area contributed by atoms with Crippen LogP contribution < -0.4 is 0 Å². The van der Waals surface area contributed by atoms with Crippen LogP contribution in [0.3, 0.4) is 0 Å². The van der Waals surface area contributed by atoms with Crippen LogP contribution in [0.25, 0.3) is 0 Å². The molecule has 1 N–H and O–H groups in total. The van der Waals surface area contributed by atoms with Crippen molar-refractivity contribution in [1.82, 2.24) is 10.2 Å². The van der Waals surface area contributed by atoms with Crippen LogP contribution in [-0.4, -0.2) is 10.2 Å². The van der Waals surface area contributed by atoms with Crippen molar-refractivity contribution in [2.75, 3.05) is 0 Å². The Morgan fingerprint density at radius 2 is 2.08 bits per heavy atom. The van der Waals surface area contributed by atoms with Crippen LogP contribution in [0.4, 0.5) is 0 Å². The van der Waals surface area contributed by atoms with Gasteiger partial charge in [0.2, 0.25) is 5.89 Å². The second kappa shape index (κ2) is 3.25. The molecular weight excluding hydrogens is 184 g/mol. The van der Waals surface area contributed by atoms with Gasteiger partial charge >= 0.3 is 0 Å². The first-order valence-electron chi connectivity index (χ1n) is 4.77. The van der Waals surface area contributed by atoms with E-state index in [9.17, 15) is 0 Å². The van der Waals surface area contributed by atoms with Gasteiger partial charge in [0, 0.05) is 5.41 Å². The molecule has 0 aromatic carbocycles. The number of nitrogens with one attached hydrogen (secondary N) is 1. The molecule has 1 fully saturated rings. The van der Waals surface area contributed by atoms with Gasteiger partial charge < -0.3 is 4.42 Å². The number of hydrogen-bond donors (Lipinski definition) is 1. The summed E-state index contributed by atoms with van der Waals surface area (Å²) in [5, 5.41) is 6.80. The summed E-state index contributed by atoms with van der Waals surface area (Å²) in [5.74, 6) is 0.789. The molecule has 0 aliphatic heterocycles. The highest BCUT2D eigenvalue weighted by Gasteiger charge is 2.33. The molecule has 0 spiro atoms. The van der Waals surface area contributed by atoms with Crippen LogP contribution in [-0.2, 0) is 5.41 Å². The largest absolute Gasteiger partial charge is 0.414 e. The zero-order valence-corrected chi connectivity index (χ0v) is 8.62. The van der Waals surface area contributed by atoms with E-state index >= 15 is 0 Å². The molecule has 1 heterocycles. The van der Waals surface area contributed by atoms with Gasteiger partial charge in [-0.3, -0.25) is 0 Å². The summed E-state index contributed by atoms with van der Waals surface area (Å²) in [7, 11) is 0. The molecule has 1 saturated carbocycles. The van der Waals surface area contributed by atoms with Gasteiger partial charge in [-0.1, -0.05) is 26.2 Å². The van der Waals surface area contributed by atoms with E-state index in [2.05, 4.69) is 17.1 Å². The van der Waals surface area contributed by atoms with Gasteiger partial charge in [0.15, 0.2) is 0 Å². The first-order chi connectivity index (χ1) is 6.21. The van der Waals surface area contributed by atoms with Crippen LogP contribution in [0, 0.1) is 4.84 Å². The first-order valence-corrected chi connectivity index (χ1v) is 5.17. The van der Waals surface area contributed by atoms with E-state index < -0.39 is 0 Å². The van der Waals surface area contributed by atoms with E-state index in [1.807, 2.05) is 0 Å². The summed E-state index contributed by atoms with van der Waals surface area (Å²) >= 11 is 4.87. The Labute approximate surface area is 82.5 Å². The summed E-state index contributed by atoms with van der Waals surface area (Å²) in [6, 6.07) is 0. The van der Waals surface area contributed by atoms with E-state index in [1.165, 1.54) is 19.3 Å². The summed E-state index contributed by atoms with van der Waals surface area (Å²) in [6.45, 7) is 2.21. The Morgan fingerprint density at radius 3 is 2.62 bits per heavy atom. The molecule has 0 bridgehead atoms. The SMILES string of the molecule is CC1(c2n[nH]c(=S)o2)CCCCC1. The summed E-state index contributed by atoms with van der Waals surface area (Å²) in [5.41, 5.74) is 0.117. The van der Waals surface area contributed by atoms with Crippen LogP contribution in [0.1, 0.15) is 44.9 Å². The molecule has 2 rings (SSSR count). The van der Waals surface area contributed by atoms with Crippen molar-refractivity contribution in [1.29, 1.82) is 0 Å². The standard InChI is InChI=1S/C9H14N2OS/c1-9(5-3-2-4-6-9)7-10-11-8(13)12-7/h2-6H2,1H3,(H,11,13). The van der Waals surface area contributed by atoms with E-state index in [1.54, 1.807) is 0 Å². The summed E-state index contributed by atoms with van der Waals surface area (Å²) in [4.78, 5) is 0.391. The highest BCUT2D eigenvalue weighted by molar-refractivity contribution is 7.71. The lowest BCUT2D eigenvalue weighted by Gasteiger charge is -2.29. The van der Waals surface area contributed by atoms with Gasteiger partial charge in [-0.2, -0.15) is 0 Å². The van der Waals surface area contributed by atoms with Gasteiger partial charge in [-0.05, 0) is 25.1 Å². The Hall–Kier alpha value is -0.640. The van der Waals surface area contributed by atoms with Crippen molar-refractivity contribution in [2.45, 2.75) is 44.4 Å². The Kier molecular flexibility index (Phi) is 2.24. The fourth-order valence-electron chi connectivity index (χ4n) is 2.03. The minimum absolute atomic E-state index is 0.117. The highest BCUT2D eigenvalue weighted by atomic mass is 32.1. The summed E-state index contributed by atoms with van der Waals surface area (Å²) < 4.78 is 5.37. The van der Waals surface area contributed by atoms with Gasteiger partial charge in [0.25, 0.3) is 4.84 Å². The van der Waals surface area contributed by atoms with Gasteiger partial charge in [0.05, 0.1) is 0 Å². The molecule has 0 unspecified atom stereocenters. The quantitative estimate of drug-likeness (QED) is 0.705. The fraction of sp³-hybridized carbons (Fsp3) is 0.778. The number of hydrogen-bond acceptors (Lipinski definition) is 3. The highest BCUT2D eigenvalue weighted by Crippen LogP contribution is 2.37. The van der Waals surface area contributed by atoms with Crippen LogP contribution in [0.2, 0.25) is 0 Å². The molecular formula is C9H14N2OS. The topological polar surface area (TPSA) is 41.8 Å². The van der Waals surface area contributed by atoms with Crippen molar-refractivity contribution in [3.63, 3.8) is 0 Å². The van der Waals surface area contributed by atoms with Crippen molar-refractivity contribution in [2.24, 2.45) is 0 Å². The average Bonchev–Trinajstić information content (AvgIpc) is 2.54. The van der Waals surface area contributed by atoms with Crippen molar-refractivity contribution < 1.29 is 4.42 Å². The van der Waals surface area contributed by atoms with Crippen LogP contribution in [0.15, 0.2) is 4.42 Å². The molecule has 13 heavy (non-hydrogen) atoms. The number of rotatable bonds is 1. The van der Waals surface area contributed by atoms with Gasteiger partial charge in [-0.15, -0.1) is 5.10 Å². The second-order valence-electron chi connectivity index (χ2n) is 4.04. The molecule has 4 heteroatoms. The molecule has 1 aromatic rings. The van der Waals surface area contributed by atoms with Crippen LogP contribution >= 0.6 is 12.2 Å². The average molecular weight is 198 g/mol. The lowest BCUT2D eigenvalue weighted by molar-refractivity contribution is 0.255. The molecule has 1 aliphatic carbocycles. The Morgan fingerprint density at radius 1 is 1.38 bits per heavy atom. The zero-order chi connectivity index (χ0) is 9.31. The normalized spacial score (nSPS) is 21.6. The molecule has 1 aliphatic rings. The number of H-pyrrole nitrogens is 1. The minimum Gasteiger partial charge on any atom is -0.414 e. The molecule has 0 saturated heterocycles. The van der Waals surface area contributed by atoms with E-state index in [0.29, 0.717) is 4.84 Å². The Balaban J connectivity index is 2.27. The maximum absolute atomic E-state index is 5.37. The predicted molar refractivity (Wildman–Crippen MR) is 52.1 cm³/mol. The molecule has 72 valence electrons. The van der Waals surface area contributed by atoms with E-state index in [0.717, 1.165) is 18.7 Å². The first kappa shape index (κ1) is 8.94. The van der Waals surface area contributed by atoms with Crippen molar-refractivity contribution in [3.8, 4) is 0 Å². The minimum atomic E-state index is 0.117. The zero-order valence-electron chi connectivity index (χ0n) is 7.80. The predicted octanol–water partition coefficient (Wildman–Crippen LogP) is 2.95. The third-order valence-corrected chi connectivity index (χ3v) is 3.09. The molecule has 0 atom stereocenters. The number of nitrogens with zero attached hydrogens (tertiary/aromatic N) is 1. The lowest BCUT2D eigenvalue weighted by Crippen LogP contribution is -2.25. The van der Waals surface area contributed by atoms with Gasteiger partial charge in [-0.25, -0.2) is 5.10 Å². The van der Waals surface area contributed by atoms with Crippen LogP contribution in [0.5, 0.6) is 0 Å². The smallest absolute Gasteiger partial charge is 0.284 e. The van der Waals surface area contributed by atoms with E-state index in [4.69, 9.17) is 16.6 Å². The van der Waals surface area contributed by atoms with Gasteiger partial charge in [0.1, 0.15) is 0 Å². The third-order valence-electron chi connectivity index (χ3n) is 2.91. The molecule has 3 nitrogen and oxygen atoms in total.